The molecule has 4 rings (SSSR count). The number of carbonyl (C=O) groups is 4. The number of ether oxygens (including phenoxy) is 2. The van der Waals surface area contributed by atoms with E-state index in [2.05, 4.69) is 22.8 Å². The van der Waals surface area contributed by atoms with Crippen LogP contribution in [0.5, 0.6) is 5.75 Å². The van der Waals surface area contributed by atoms with Crippen molar-refractivity contribution in [2.24, 2.45) is 0 Å². The minimum Gasteiger partial charge on any atom is -0.489 e. The van der Waals surface area contributed by atoms with Crippen LogP contribution in [0.4, 0.5) is 0 Å². The zero-order valence-electron chi connectivity index (χ0n) is 19.5. The number of hydrogen-bond acceptors (Lipinski definition) is 7. The molecule has 2 aromatic carbocycles. The van der Waals surface area contributed by atoms with Crippen LogP contribution in [0.25, 0.3) is 0 Å². The zero-order chi connectivity index (χ0) is 25.2. The molecule has 0 radical (unpaired) electrons. The lowest BCUT2D eigenvalue weighted by molar-refractivity contribution is -0.137. The average molecular weight is 484 g/mol. The lowest BCUT2D eigenvalue weighted by Crippen LogP contribution is -2.52. The minimum atomic E-state index is -0.634. The lowest BCUT2D eigenvalue weighted by atomic mass is 10.0. The fourth-order valence-corrected chi connectivity index (χ4v) is 4.01. The Hall–Kier alpha value is -3.76. The van der Waals surface area contributed by atoms with Gasteiger partial charge < -0.3 is 24.8 Å². The zero-order valence-corrected chi connectivity index (χ0v) is 19.5. The lowest BCUT2D eigenvalue weighted by Gasteiger charge is -2.29. The topological polar surface area (TPSA) is 134 Å². The van der Waals surface area contributed by atoms with Gasteiger partial charge in [-0.15, -0.1) is 0 Å². The molecule has 1 saturated heterocycles. The van der Waals surface area contributed by atoms with Crippen molar-refractivity contribution < 1.29 is 33.8 Å². The maximum absolute atomic E-state index is 12.9. The fraction of sp³-hybridized carbons (Fsp3) is 0.360. The van der Waals surface area contributed by atoms with Crippen LogP contribution in [0.3, 0.4) is 0 Å². The summed E-state index contributed by atoms with van der Waals surface area (Å²) in [6, 6.07) is 12.9. The highest BCUT2D eigenvalue weighted by molar-refractivity contribution is 6.05. The van der Waals surface area contributed by atoms with Crippen molar-refractivity contribution in [1.29, 1.82) is 0 Å². The van der Waals surface area contributed by atoms with E-state index in [9.17, 15) is 14.4 Å². The fourth-order valence-electron chi connectivity index (χ4n) is 4.01. The SMILES string of the molecule is COCCNCc1ccc(COc2cccc3c2CN(C2CCC(=O)NC2=O)C3=O)cc1.O=CO. The molecule has 0 saturated carbocycles. The second kappa shape index (κ2) is 12.6. The number of benzene rings is 2. The summed E-state index contributed by atoms with van der Waals surface area (Å²) in [5.41, 5.74) is 3.52. The van der Waals surface area contributed by atoms with Crippen LogP contribution >= 0.6 is 0 Å². The summed E-state index contributed by atoms with van der Waals surface area (Å²) in [6.45, 7) is 2.67. The van der Waals surface area contributed by atoms with E-state index in [1.807, 2.05) is 18.2 Å². The molecule has 0 aliphatic carbocycles. The third-order valence-corrected chi connectivity index (χ3v) is 5.77. The Kier molecular flexibility index (Phi) is 9.33. The summed E-state index contributed by atoms with van der Waals surface area (Å²) in [5.74, 6) is -0.279. The molecule has 1 fully saturated rings. The van der Waals surface area contributed by atoms with E-state index in [1.54, 1.807) is 19.2 Å². The maximum Gasteiger partial charge on any atom is 0.290 e. The van der Waals surface area contributed by atoms with E-state index < -0.39 is 11.9 Å². The van der Waals surface area contributed by atoms with Crippen molar-refractivity contribution in [3.63, 3.8) is 0 Å². The Labute approximate surface area is 203 Å². The third-order valence-electron chi connectivity index (χ3n) is 5.77. The predicted molar refractivity (Wildman–Crippen MR) is 126 cm³/mol. The smallest absolute Gasteiger partial charge is 0.290 e. The molecule has 3 amide bonds. The van der Waals surface area contributed by atoms with Gasteiger partial charge in [0.25, 0.3) is 12.4 Å². The highest BCUT2D eigenvalue weighted by Crippen LogP contribution is 2.33. The maximum atomic E-state index is 12.9. The summed E-state index contributed by atoms with van der Waals surface area (Å²) in [7, 11) is 1.68. The second-order valence-electron chi connectivity index (χ2n) is 8.06. The molecule has 2 aromatic rings. The number of fused-ring (bicyclic) bond motifs is 1. The first-order valence-corrected chi connectivity index (χ1v) is 11.2. The van der Waals surface area contributed by atoms with Crippen LogP contribution in [0.2, 0.25) is 0 Å². The Bertz CT molecular complexity index is 1060. The molecule has 3 N–H and O–H groups in total. The summed E-state index contributed by atoms with van der Waals surface area (Å²) < 4.78 is 11.1. The molecule has 35 heavy (non-hydrogen) atoms. The van der Waals surface area contributed by atoms with Gasteiger partial charge in [0.2, 0.25) is 11.8 Å². The Morgan fingerprint density at radius 2 is 1.86 bits per heavy atom. The van der Waals surface area contributed by atoms with Gasteiger partial charge in [0.15, 0.2) is 0 Å². The number of rotatable bonds is 9. The first-order valence-electron chi connectivity index (χ1n) is 11.2. The molecule has 2 aliphatic heterocycles. The predicted octanol–water partition coefficient (Wildman–Crippen LogP) is 1.46. The van der Waals surface area contributed by atoms with Gasteiger partial charge in [-0.05, 0) is 29.7 Å². The van der Waals surface area contributed by atoms with Crippen molar-refractivity contribution in [3.8, 4) is 5.75 Å². The van der Waals surface area contributed by atoms with Gasteiger partial charge in [-0.2, -0.15) is 0 Å². The summed E-state index contributed by atoms with van der Waals surface area (Å²) in [4.78, 5) is 46.5. The molecule has 1 atom stereocenters. The largest absolute Gasteiger partial charge is 0.489 e. The molecule has 1 unspecified atom stereocenters. The van der Waals surface area contributed by atoms with E-state index >= 15 is 0 Å². The highest BCUT2D eigenvalue weighted by atomic mass is 16.5. The van der Waals surface area contributed by atoms with Gasteiger partial charge in [-0.1, -0.05) is 30.3 Å². The number of amides is 3. The Morgan fingerprint density at radius 3 is 2.54 bits per heavy atom. The van der Waals surface area contributed by atoms with Gasteiger partial charge in [0, 0.05) is 37.7 Å². The minimum absolute atomic E-state index is 0.203. The van der Waals surface area contributed by atoms with E-state index in [0.717, 1.165) is 24.2 Å². The third kappa shape index (κ3) is 6.65. The molecular formula is C25H29N3O7. The van der Waals surface area contributed by atoms with Crippen LogP contribution in [0.1, 0.15) is 39.9 Å². The molecule has 0 spiro atoms. The van der Waals surface area contributed by atoms with Crippen LogP contribution < -0.4 is 15.4 Å². The monoisotopic (exact) mass is 483 g/mol. The molecule has 2 heterocycles. The van der Waals surface area contributed by atoms with E-state index in [1.165, 1.54) is 10.5 Å². The van der Waals surface area contributed by atoms with Gasteiger partial charge >= 0.3 is 0 Å². The quantitative estimate of drug-likeness (QED) is 0.277. The van der Waals surface area contributed by atoms with E-state index in [0.29, 0.717) is 37.5 Å². The number of methoxy groups -OCH3 is 1. The van der Waals surface area contributed by atoms with Crippen LogP contribution in [0, 0.1) is 0 Å². The number of carboxylic acid groups (broad SMARTS) is 1. The van der Waals surface area contributed by atoms with Crippen LogP contribution in [-0.4, -0.2) is 60.5 Å². The molecule has 0 aromatic heterocycles. The van der Waals surface area contributed by atoms with Crippen molar-refractivity contribution in [1.82, 2.24) is 15.5 Å². The van der Waals surface area contributed by atoms with Crippen LogP contribution in [0.15, 0.2) is 42.5 Å². The molecule has 0 bridgehead atoms. The number of nitrogens with one attached hydrogen (secondary N) is 2. The summed E-state index contributed by atoms with van der Waals surface area (Å²) in [5, 5.41) is 12.5. The first-order chi connectivity index (χ1) is 17.0. The van der Waals surface area contributed by atoms with E-state index in [4.69, 9.17) is 19.4 Å². The number of nitrogens with zero attached hydrogens (tertiary/aromatic N) is 1. The molecule has 186 valence electrons. The van der Waals surface area contributed by atoms with Crippen molar-refractivity contribution in [2.75, 3.05) is 20.3 Å². The van der Waals surface area contributed by atoms with Crippen molar-refractivity contribution in [3.05, 3.63) is 64.7 Å². The molecule has 10 heteroatoms. The summed E-state index contributed by atoms with van der Waals surface area (Å²) >= 11 is 0. The van der Waals surface area contributed by atoms with E-state index in [-0.39, 0.29) is 24.7 Å². The Balaban J connectivity index is 0.00000108. The number of imide groups is 1. The van der Waals surface area contributed by atoms with Gasteiger partial charge in [-0.25, -0.2) is 0 Å². The van der Waals surface area contributed by atoms with Crippen molar-refractivity contribution in [2.45, 2.75) is 38.6 Å². The average Bonchev–Trinajstić information content (AvgIpc) is 3.18. The second-order valence-corrected chi connectivity index (χ2v) is 8.06. The van der Waals surface area contributed by atoms with Crippen molar-refractivity contribution >= 4 is 24.2 Å². The van der Waals surface area contributed by atoms with Gasteiger partial charge in [0.05, 0.1) is 13.2 Å². The van der Waals surface area contributed by atoms with Gasteiger partial charge in [-0.3, -0.25) is 24.5 Å². The number of carbonyl (C=O) groups excluding carboxylic acids is 3. The normalized spacial score (nSPS) is 16.8. The first kappa shape index (κ1) is 25.9. The number of hydrogen-bond donors (Lipinski definition) is 3. The molecule has 10 nitrogen and oxygen atoms in total. The summed E-state index contributed by atoms with van der Waals surface area (Å²) in [6.07, 6.45) is 0.574. The van der Waals surface area contributed by atoms with Crippen LogP contribution in [-0.2, 0) is 38.8 Å². The van der Waals surface area contributed by atoms with Gasteiger partial charge in [0.1, 0.15) is 18.4 Å². The highest BCUT2D eigenvalue weighted by Gasteiger charge is 2.40. The Morgan fingerprint density at radius 1 is 1.14 bits per heavy atom. The molecule has 2 aliphatic rings. The number of piperidine rings is 1. The standard InChI is InChI=1S/C24H27N3O5.CH2O2/c1-31-12-11-25-13-16-5-7-17(8-6-16)15-32-21-4-2-3-18-19(21)14-27(24(18)30)20-9-10-22(28)26-23(20)29;2-1-3/h2-8,20,25H,9-15H2,1H3,(H,26,28,29);1H,(H,2,3). The molecular weight excluding hydrogens is 454 g/mol.